The van der Waals surface area contributed by atoms with Crippen LogP contribution in [0.25, 0.3) is 0 Å². The maximum atomic E-state index is 13.0. The van der Waals surface area contributed by atoms with E-state index in [1.54, 1.807) is 14.1 Å². The number of carbonyl (C=O) groups excluding carboxylic acids is 2. The third-order valence-electron chi connectivity index (χ3n) is 8.49. The Balaban J connectivity index is 1.40. The Morgan fingerprint density at radius 1 is 1.00 bits per heavy atom. The lowest BCUT2D eigenvalue weighted by Gasteiger charge is -2.46. The van der Waals surface area contributed by atoms with Gasteiger partial charge in [0.2, 0.25) is 5.91 Å². The third kappa shape index (κ3) is 3.35. The molecule has 1 spiro atoms. The first-order valence-electron chi connectivity index (χ1n) is 11.8. The van der Waals surface area contributed by atoms with Gasteiger partial charge in [-0.05, 0) is 75.1 Å². The van der Waals surface area contributed by atoms with Gasteiger partial charge in [-0.25, -0.2) is 9.69 Å². The quantitative estimate of drug-likeness (QED) is 0.690. The Morgan fingerprint density at radius 3 is 2.33 bits per heavy atom. The van der Waals surface area contributed by atoms with E-state index in [2.05, 4.69) is 17.0 Å². The second-order valence-electron chi connectivity index (χ2n) is 10.4. The van der Waals surface area contributed by atoms with E-state index in [9.17, 15) is 9.59 Å². The summed E-state index contributed by atoms with van der Waals surface area (Å²) in [4.78, 5) is 31.5. The van der Waals surface area contributed by atoms with Crippen molar-refractivity contribution in [2.24, 2.45) is 11.8 Å². The number of fused-ring (bicyclic) bond motifs is 4. The zero-order chi connectivity index (χ0) is 20.9. The summed E-state index contributed by atoms with van der Waals surface area (Å²) < 4.78 is 0. The molecule has 0 N–H and O–H groups in total. The number of urea groups is 1. The fraction of sp³-hybridized carbons (Fsp3) is 0.680. The number of anilines is 1. The molecule has 1 saturated heterocycles. The molecule has 2 saturated carbocycles. The van der Waals surface area contributed by atoms with E-state index in [-0.39, 0.29) is 17.4 Å². The smallest absolute Gasteiger partial charge is 0.330 e. The number of amides is 3. The highest BCUT2D eigenvalue weighted by Crippen LogP contribution is 2.49. The Labute approximate surface area is 180 Å². The molecule has 5 nitrogen and oxygen atoms in total. The maximum Gasteiger partial charge on any atom is 0.330 e. The van der Waals surface area contributed by atoms with Crippen molar-refractivity contribution in [3.63, 3.8) is 0 Å². The molecule has 2 unspecified atom stereocenters. The van der Waals surface area contributed by atoms with Crippen LogP contribution in [0.1, 0.15) is 63.4 Å². The molecular formula is C25H35N3O2. The van der Waals surface area contributed by atoms with Gasteiger partial charge >= 0.3 is 6.03 Å². The minimum absolute atomic E-state index is 0.0117. The highest BCUT2D eigenvalue weighted by molar-refractivity contribution is 6.15. The van der Waals surface area contributed by atoms with Crippen molar-refractivity contribution >= 4 is 17.6 Å². The van der Waals surface area contributed by atoms with E-state index >= 15 is 0 Å². The number of nitrogens with zero attached hydrogens (tertiary/aromatic N) is 3. The Morgan fingerprint density at radius 2 is 1.67 bits per heavy atom. The van der Waals surface area contributed by atoms with Crippen LogP contribution >= 0.6 is 0 Å². The molecule has 162 valence electrons. The van der Waals surface area contributed by atoms with E-state index in [4.69, 9.17) is 0 Å². The standard InChI is InChI=1S/C25H35N3O2/c1-26(2)24(30)28-22-6-4-3-5-21(22)25(10-9-23(28)29)11-13-27(14-12-25)20-16-18-7-8-19(15-18)17-20/h3-6,18-20H,7-17H2,1-2H3. The molecule has 2 atom stereocenters. The lowest BCUT2D eigenvalue weighted by Crippen LogP contribution is -2.48. The van der Waals surface area contributed by atoms with Crippen molar-refractivity contribution in [2.75, 3.05) is 32.1 Å². The van der Waals surface area contributed by atoms with Crippen molar-refractivity contribution in [1.82, 2.24) is 9.80 Å². The molecule has 5 rings (SSSR count). The average Bonchev–Trinajstić information content (AvgIpc) is 3.04. The van der Waals surface area contributed by atoms with Gasteiger partial charge in [0, 0.05) is 32.0 Å². The van der Waals surface area contributed by atoms with Gasteiger partial charge in [0.1, 0.15) is 0 Å². The normalized spacial score (nSPS) is 30.8. The van der Waals surface area contributed by atoms with Gasteiger partial charge in [-0.1, -0.05) is 31.0 Å². The van der Waals surface area contributed by atoms with Gasteiger partial charge in [0.25, 0.3) is 0 Å². The topological polar surface area (TPSA) is 43.9 Å². The van der Waals surface area contributed by atoms with Crippen molar-refractivity contribution in [1.29, 1.82) is 0 Å². The molecule has 1 aromatic carbocycles. The number of hydrogen-bond acceptors (Lipinski definition) is 3. The van der Waals surface area contributed by atoms with Crippen LogP contribution in [0.2, 0.25) is 0 Å². The molecule has 30 heavy (non-hydrogen) atoms. The van der Waals surface area contributed by atoms with Crippen LogP contribution in [0.5, 0.6) is 0 Å². The highest BCUT2D eigenvalue weighted by atomic mass is 16.2. The summed E-state index contributed by atoms with van der Waals surface area (Å²) >= 11 is 0. The summed E-state index contributed by atoms with van der Waals surface area (Å²) in [5.41, 5.74) is 2.02. The third-order valence-corrected chi connectivity index (χ3v) is 8.49. The number of para-hydroxylation sites is 1. The zero-order valence-electron chi connectivity index (χ0n) is 18.5. The van der Waals surface area contributed by atoms with E-state index in [0.717, 1.165) is 55.9 Å². The Bertz CT molecular complexity index is 815. The first-order valence-corrected chi connectivity index (χ1v) is 11.8. The maximum absolute atomic E-state index is 13.0. The van der Waals surface area contributed by atoms with Gasteiger partial charge in [-0.2, -0.15) is 0 Å². The van der Waals surface area contributed by atoms with E-state index in [1.165, 1.54) is 47.5 Å². The van der Waals surface area contributed by atoms with Gasteiger partial charge in [0.15, 0.2) is 0 Å². The van der Waals surface area contributed by atoms with Gasteiger partial charge in [-0.3, -0.25) is 4.79 Å². The van der Waals surface area contributed by atoms with Crippen LogP contribution in [-0.4, -0.2) is 55.0 Å². The molecule has 3 fully saturated rings. The first kappa shape index (κ1) is 20.0. The minimum atomic E-state index is -0.236. The van der Waals surface area contributed by atoms with E-state index in [1.807, 2.05) is 12.1 Å². The second-order valence-corrected chi connectivity index (χ2v) is 10.4. The van der Waals surface area contributed by atoms with Gasteiger partial charge in [-0.15, -0.1) is 0 Å². The lowest BCUT2D eigenvalue weighted by molar-refractivity contribution is -0.118. The molecule has 4 aliphatic rings. The van der Waals surface area contributed by atoms with Crippen LogP contribution in [0.4, 0.5) is 10.5 Å². The summed E-state index contributed by atoms with van der Waals surface area (Å²) in [7, 11) is 3.43. The number of likely N-dealkylation sites (tertiary alicyclic amines) is 1. The highest BCUT2D eigenvalue weighted by Gasteiger charge is 2.45. The molecule has 0 radical (unpaired) electrons. The Hall–Kier alpha value is -1.88. The van der Waals surface area contributed by atoms with Crippen LogP contribution in [-0.2, 0) is 10.2 Å². The van der Waals surface area contributed by atoms with Crippen molar-refractivity contribution in [3.05, 3.63) is 29.8 Å². The molecule has 2 heterocycles. The minimum Gasteiger partial charge on any atom is -0.330 e. The predicted molar refractivity (Wildman–Crippen MR) is 119 cm³/mol. The summed E-state index contributed by atoms with van der Waals surface area (Å²) in [5, 5.41) is 0. The van der Waals surface area contributed by atoms with E-state index < -0.39 is 0 Å². The molecular weight excluding hydrogens is 374 g/mol. The van der Waals surface area contributed by atoms with Crippen LogP contribution in [0.3, 0.4) is 0 Å². The largest absolute Gasteiger partial charge is 0.330 e. The van der Waals surface area contributed by atoms with Crippen molar-refractivity contribution in [3.8, 4) is 0 Å². The SMILES string of the molecule is CN(C)C(=O)N1C(=O)CCC2(CCN(C3CC4CCC(C4)C3)CC2)c2ccccc21. The fourth-order valence-electron chi connectivity index (χ4n) is 6.86. The summed E-state index contributed by atoms with van der Waals surface area (Å²) in [6, 6.07) is 8.68. The second kappa shape index (κ2) is 7.67. The number of rotatable bonds is 1. The summed E-state index contributed by atoms with van der Waals surface area (Å²) in [6.45, 7) is 2.24. The molecule has 3 amide bonds. The number of imide groups is 1. The number of piperidine rings is 1. The summed E-state index contributed by atoms with van der Waals surface area (Å²) in [6.07, 6.45) is 10.6. The monoisotopic (exact) mass is 409 g/mol. The molecule has 5 heteroatoms. The predicted octanol–water partition coefficient (Wildman–Crippen LogP) is 4.41. The average molecular weight is 410 g/mol. The zero-order valence-corrected chi connectivity index (χ0v) is 18.5. The molecule has 2 aliphatic carbocycles. The van der Waals surface area contributed by atoms with Crippen molar-refractivity contribution < 1.29 is 9.59 Å². The molecule has 2 aliphatic heterocycles. The van der Waals surface area contributed by atoms with Crippen molar-refractivity contribution in [2.45, 2.75) is 69.2 Å². The number of hydrogen-bond donors (Lipinski definition) is 0. The number of carbonyl (C=O) groups is 2. The van der Waals surface area contributed by atoms with Gasteiger partial charge < -0.3 is 9.80 Å². The van der Waals surface area contributed by atoms with Crippen LogP contribution in [0.15, 0.2) is 24.3 Å². The lowest BCUT2D eigenvalue weighted by atomic mass is 9.69. The van der Waals surface area contributed by atoms with Gasteiger partial charge in [0.05, 0.1) is 5.69 Å². The Kier molecular flexibility index (Phi) is 5.12. The van der Waals surface area contributed by atoms with E-state index in [0.29, 0.717) is 6.42 Å². The molecule has 2 bridgehead atoms. The fourth-order valence-corrected chi connectivity index (χ4v) is 6.86. The molecule has 1 aromatic rings. The first-order chi connectivity index (χ1) is 14.5. The van der Waals surface area contributed by atoms with Crippen LogP contribution in [0, 0.1) is 11.8 Å². The molecule has 0 aromatic heterocycles. The number of benzene rings is 1. The summed E-state index contributed by atoms with van der Waals surface area (Å²) in [5.74, 6) is 1.86. The van der Waals surface area contributed by atoms with Crippen LogP contribution < -0.4 is 4.90 Å².